The van der Waals surface area contributed by atoms with Crippen LogP contribution in [0.3, 0.4) is 0 Å². The van der Waals surface area contributed by atoms with Crippen molar-refractivity contribution < 1.29 is 4.79 Å². The van der Waals surface area contributed by atoms with Crippen molar-refractivity contribution in [2.45, 2.75) is 6.92 Å². The lowest BCUT2D eigenvalue weighted by Crippen LogP contribution is -2.13. The molecule has 1 aromatic carbocycles. The number of rotatable bonds is 6. The maximum atomic E-state index is 12.8. The topological polar surface area (TPSA) is 118 Å². The number of carbonyl (C=O) groups excluding carboxylic acids is 1. The van der Waals surface area contributed by atoms with E-state index in [1.54, 1.807) is 43.0 Å². The minimum Gasteiger partial charge on any atom is -0.383 e. The number of anilines is 6. The van der Waals surface area contributed by atoms with Crippen molar-refractivity contribution in [1.29, 1.82) is 0 Å². The summed E-state index contributed by atoms with van der Waals surface area (Å²) in [6.45, 7) is 1.89. The Labute approximate surface area is 179 Å². The van der Waals surface area contributed by atoms with E-state index in [0.717, 1.165) is 28.3 Å². The second-order valence-electron chi connectivity index (χ2n) is 6.82. The quantitative estimate of drug-likeness (QED) is 0.369. The molecule has 0 radical (unpaired) electrons. The average Bonchev–Trinajstić information content (AvgIpc) is 2.78. The van der Waals surface area contributed by atoms with Crippen LogP contribution in [0.15, 0.2) is 79.4 Å². The van der Waals surface area contributed by atoms with E-state index in [-0.39, 0.29) is 5.91 Å². The molecule has 0 aliphatic carbocycles. The number of hydrogen-bond donors (Lipinski definition) is 4. The number of nitrogen functional groups attached to an aromatic ring is 1. The van der Waals surface area contributed by atoms with E-state index in [0.29, 0.717) is 17.2 Å². The van der Waals surface area contributed by atoms with Crippen molar-refractivity contribution in [2.75, 3.05) is 21.7 Å². The lowest BCUT2D eigenvalue weighted by atomic mass is 10.1. The number of nitrogens with zero attached hydrogens (tertiary/aromatic N) is 3. The third-order valence-electron chi connectivity index (χ3n) is 4.62. The monoisotopic (exact) mass is 411 g/mol. The van der Waals surface area contributed by atoms with Crippen LogP contribution in [0.1, 0.15) is 15.9 Å². The van der Waals surface area contributed by atoms with Crippen molar-refractivity contribution in [3.8, 4) is 0 Å². The van der Waals surface area contributed by atoms with Crippen molar-refractivity contribution >= 4 is 40.3 Å². The minimum atomic E-state index is -0.261. The maximum Gasteiger partial charge on any atom is 0.256 e. The van der Waals surface area contributed by atoms with Crippen LogP contribution in [0.2, 0.25) is 0 Å². The SMILES string of the molecule is Cc1c(Nc2cccc(C(=O)Nc3cc(Nc4ccncc4)ccn3)c2)ccnc1N. The zero-order chi connectivity index (χ0) is 21.6. The number of nitrogens with one attached hydrogen (secondary N) is 3. The molecule has 8 nitrogen and oxygen atoms in total. The summed E-state index contributed by atoms with van der Waals surface area (Å²) in [6.07, 6.45) is 6.68. The van der Waals surface area contributed by atoms with Gasteiger partial charge in [0.15, 0.2) is 0 Å². The molecule has 31 heavy (non-hydrogen) atoms. The Bertz CT molecular complexity index is 1210. The van der Waals surface area contributed by atoms with Crippen LogP contribution in [0.4, 0.5) is 34.4 Å². The first-order valence-electron chi connectivity index (χ1n) is 9.61. The minimum absolute atomic E-state index is 0.261. The van der Waals surface area contributed by atoms with Gasteiger partial charge < -0.3 is 21.7 Å². The molecular formula is C23H21N7O. The van der Waals surface area contributed by atoms with E-state index in [1.807, 2.05) is 43.3 Å². The molecule has 0 aliphatic rings. The Morgan fingerprint density at radius 1 is 0.839 bits per heavy atom. The van der Waals surface area contributed by atoms with Crippen molar-refractivity contribution in [1.82, 2.24) is 15.0 Å². The highest BCUT2D eigenvalue weighted by Gasteiger charge is 2.09. The maximum absolute atomic E-state index is 12.8. The molecular weight excluding hydrogens is 390 g/mol. The number of pyridine rings is 3. The second kappa shape index (κ2) is 8.91. The van der Waals surface area contributed by atoms with Gasteiger partial charge in [0.25, 0.3) is 5.91 Å². The van der Waals surface area contributed by atoms with Crippen LogP contribution in [0.5, 0.6) is 0 Å². The fourth-order valence-corrected chi connectivity index (χ4v) is 2.95. The zero-order valence-corrected chi connectivity index (χ0v) is 16.8. The smallest absolute Gasteiger partial charge is 0.256 e. The van der Waals surface area contributed by atoms with Crippen LogP contribution in [-0.4, -0.2) is 20.9 Å². The Kier molecular flexibility index (Phi) is 5.70. The molecule has 3 aromatic heterocycles. The molecule has 8 heteroatoms. The molecule has 0 bridgehead atoms. The van der Waals surface area contributed by atoms with Gasteiger partial charge in [-0.25, -0.2) is 9.97 Å². The standard InChI is InChI=1S/C23H21N7O/c1-15-20(8-12-27-22(15)24)29-18-4-2-3-16(13-18)23(31)30-21-14-19(7-11-26-21)28-17-5-9-25-10-6-17/h2-14H,1H3,(H3,24,27,29)(H2,25,26,28,30,31). The molecule has 0 saturated carbocycles. The molecule has 0 unspecified atom stereocenters. The van der Waals surface area contributed by atoms with Crippen molar-refractivity contribution in [2.24, 2.45) is 0 Å². The molecule has 154 valence electrons. The van der Waals surface area contributed by atoms with Gasteiger partial charge in [0, 0.05) is 64.7 Å². The molecule has 0 saturated heterocycles. The molecule has 5 N–H and O–H groups in total. The summed E-state index contributed by atoms with van der Waals surface area (Å²) >= 11 is 0. The summed E-state index contributed by atoms with van der Waals surface area (Å²) < 4.78 is 0. The molecule has 4 rings (SSSR count). The van der Waals surface area contributed by atoms with Gasteiger partial charge in [-0.05, 0) is 49.4 Å². The number of amides is 1. The van der Waals surface area contributed by atoms with Gasteiger partial charge in [-0.1, -0.05) is 6.07 Å². The molecule has 4 aromatic rings. The summed E-state index contributed by atoms with van der Waals surface area (Å²) in [5.74, 6) is 0.647. The molecule has 1 amide bonds. The largest absolute Gasteiger partial charge is 0.383 e. The van der Waals surface area contributed by atoms with Gasteiger partial charge in [-0.2, -0.15) is 0 Å². The second-order valence-corrected chi connectivity index (χ2v) is 6.82. The molecule has 0 atom stereocenters. The summed E-state index contributed by atoms with van der Waals surface area (Å²) in [6, 6.07) is 16.3. The lowest BCUT2D eigenvalue weighted by Gasteiger charge is -2.12. The van der Waals surface area contributed by atoms with E-state index in [4.69, 9.17) is 5.73 Å². The van der Waals surface area contributed by atoms with Crippen molar-refractivity contribution in [3.63, 3.8) is 0 Å². The van der Waals surface area contributed by atoms with E-state index >= 15 is 0 Å². The highest BCUT2D eigenvalue weighted by Crippen LogP contribution is 2.24. The fraction of sp³-hybridized carbons (Fsp3) is 0.0435. The van der Waals surface area contributed by atoms with Crippen LogP contribution < -0.4 is 21.7 Å². The van der Waals surface area contributed by atoms with E-state index < -0.39 is 0 Å². The molecule has 3 heterocycles. The van der Waals surface area contributed by atoms with Crippen LogP contribution >= 0.6 is 0 Å². The Morgan fingerprint density at radius 3 is 2.42 bits per heavy atom. The van der Waals surface area contributed by atoms with Crippen LogP contribution in [0, 0.1) is 6.92 Å². The zero-order valence-electron chi connectivity index (χ0n) is 16.8. The Hall–Kier alpha value is -4.46. The van der Waals surface area contributed by atoms with Crippen LogP contribution in [-0.2, 0) is 0 Å². The summed E-state index contributed by atoms with van der Waals surface area (Å²) in [5, 5.41) is 9.36. The fourth-order valence-electron chi connectivity index (χ4n) is 2.95. The lowest BCUT2D eigenvalue weighted by molar-refractivity contribution is 0.102. The normalized spacial score (nSPS) is 10.4. The first-order chi connectivity index (χ1) is 15.1. The van der Waals surface area contributed by atoms with Gasteiger partial charge in [-0.15, -0.1) is 0 Å². The third-order valence-corrected chi connectivity index (χ3v) is 4.62. The summed E-state index contributed by atoms with van der Waals surface area (Å²) in [7, 11) is 0. The molecule has 0 aliphatic heterocycles. The van der Waals surface area contributed by atoms with E-state index in [2.05, 4.69) is 30.9 Å². The Morgan fingerprint density at radius 2 is 1.58 bits per heavy atom. The first kappa shape index (κ1) is 19.8. The average molecular weight is 411 g/mol. The van der Waals surface area contributed by atoms with E-state index in [9.17, 15) is 4.79 Å². The van der Waals surface area contributed by atoms with Crippen LogP contribution in [0.25, 0.3) is 0 Å². The van der Waals surface area contributed by atoms with Gasteiger partial charge in [0.1, 0.15) is 11.6 Å². The predicted octanol–water partition coefficient (Wildman–Crippen LogP) is 4.50. The third kappa shape index (κ3) is 4.94. The predicted molar refractivity (Wildman–Crippen MR) is 123 cm³/mol. The highest BCUT2D eigenvalue weighted by atomic mass is 16.1. The summed E-state index contributed by atoms with van der Waals surface area (Å²) in [4.78, 5) is 25.1. The van der Waals surface area contributed by atoms with Gasteiger partial charge >= 0.3 is 0 Å². The molecule has 0 fully saturated rings. The highest BCUT2D eigenvalue weighted by molar-refractivity contribution is 6.04. The number of benzene rings is 1. The number of nitrogens with two attached hydrogens (primary N) is 1. The first-order valence-corrected chi connectivity index (χ1v) is 9.61. The Balaban J connectivity index is 1.47. The number of carbonyl (C=O) groups is 1. The van der Waals surface area contributed by atoms with Crippen molar-refractivity contribution in [3.05, 3.63) is 90.5 Å². The molecule has 0 spiro atoms. The van der Waals surface area contributed by atoms with Gasteiger partial charge in [0.05, 0.1) is 0 Å². The van der Waals surface area contributed by atoms with E-state index in [1.165, 1.54) is 0 Å². The summed E-state index contributed by atoms with van der Waals surface area (Å²) in [5.41, 5.74) is 10.5. The van der Waals surface area contributed by atoms with Gasteiger partial charge in [0.2, 0.25) is 0 Å². The van der Waals surface area contributed by atoms with Gasteiger partial charge in [-0.3, -0.25) is 9.78 Å². The number of aromatic nitrogens is 3. The number of hydrogen-bond acceptors (Lipinski definition) is 7.